The number of alkyl halides is 7. The average molecular weight is 260 g/mol. The van der Waals surface area contributed by atoms with E-state index in [0.29, 0.717) is 0 Å². The first kappa shape index (κ1) is 15.1. The van der Waals surface area contributed by atoms with Crippen molar-refractivity contribution < 1.29 is 49.7 Å². The van der Waals surface area contributed by atoms with Gasteiger partial charge in [0.05, 0.1) is 0 Å². The molecule has 96 valence electrons. The van der Waals surface area contributed by atoms with E-state index in [1.165, 1.54) is 0 Å². The van der Waals surface area contributed by atoms with Crippen LogP contribution < -0.4 is 0 Å². The maximum Gasteiger partial charge on any atom is 0.527 e. The van der Waals surface area contributed by atoms with E-state index in [-0.39, 0.29) is 0 Å². The molecule has 1 unspecified atom stereocenters. The number of halogens is 7. The second-order valence-electron chi connectivity index (χ2n) is 2.07. The van der Waals surface area contributed by atoms with Gasteiger partial charge in [0.1, 0.15) is 0 Å². The molecule has 16 heavy (non-hydrogen) atoms. The van der Waals surface area contributed by atoms with E-state index in [1.807, 2.05) is 0 Å². The Hall–Kier alpha value is -0.940. The topological polar surface area (TPSA) is 44.8 Å². The molecule has 0 bridgehead atoms. The first-order valence-electron chi connectivity index (χ1n) is 3.23. The highest BCUT2D eigenvalue weighted by Crippen LogP contribution is 2.31. The van der Waals surface area contributed by atoms with Gasteiger partial charge in [0.25, 0.3) is 0 Å². The van der Waals surface area contributed by atoms with E-state index < -0.39 is 31.8 Å². The zero-order valence-corrected chi connectivity index (χ0v) is 7.06. The minimum atomic E-state index is -5.76. The summed E-state index contributed by atoms with van der Waals surface area (Å²) < 4.78 is 90.2. The zero-order valence-electron chi connectivity index (χ0n) is 7.06. The lowest BCUT2D eigenvalue weighted by Crippen LogP contribution is -2.44. The summed E-state index contributed by atoms with van der Waals surface area (Å²) in [5, 5.41) is 0. The highest BCUT2D eigenvalue weighted by atomic mass is 19.4. The van der Waals surface area contributed by atoms with Gasteiger partial charge < -0.3 is 0 Å². The van der Waals surface area contributed by atoms with E-state index in [0.717, 1.165) is 0 Å². The van der Waals surface area contributed by atoms with Crippen molar-refractivity contribution in [3.63, 3.8) is 0 Å². The fourth-order valence-corrected chi connectivity index (χ4v) is 0.482. The third-order valence-corrected chi connectivity index (χ3v) is 0.876. The summed E-state index contributed by atoms with van der Waals surface area (Å²) in [4.78, 5) is 9.78. The summed E-state index contributed by atoms with van der Waals surface area (Å²) in [5.74, 6) is 0. The van der Waals surface area contributed by atoms with Crippen molar-refractivity contribution in [1.82, 2.24) is 0 Å². The van der Waals surface area contributed by atoms with Crippen LogP contribution in [0.3, 0.4) is 0 Å². The molecule has 0 heterocycles. The van der Waals surface area contributed by atoms with Gasteiger partial charge in [0, 0.05) is 0 Å². The van der Waals surface area contributed by atoms with Crippen LogP contribution in [-0.4, -0.2) is 31.8 Å². The molecular weight excluding hydrogens is 257 g/mol. The minimum Gasteiger partial charge on any atom is -0.294 e. The maximum absolute atomic E-state index is 12.6. The SMILES string of the molecule is O=CC(F)(OC(F)(F)F)OC(F)(F)OCF. The van der Waals surface area contributed by atoms with E-state index in [4.69, 9.17) is 0 Å². The lowest BCUT2D eigenvalue weighted by Gasteiger charge is -2.24. The van der Waals surface area contributed by atoms with Crippen molar-refractivity contribution in [3.05, 3.63) is 0 Å². The molecule has 0 aromatic rings. The summed E-state index contributed by atoms with van der Waals surface area (Å²) in [6.45, 7) is -2.19. The van der Waals surface area contributed by atoms with Crippen LogP contribution in [-0.2, 0) is 19.0 Å². The molecule has 0 saturated heterocycles. The van der Waals surface area contributed by atoms with Gasteiger partial charge in [0.15, 0.2) is 6.86 Å². The van der Waals surface area contributed by atoms with Gasteiger partial charge in [-0.3, -0.25) is 9.53 Å². The standard InChI is InChI=1S/C5H3F7O4/c6-2-14-5(11,12)16-3(7,1-13)15-4(8,9)10/h1H,2H2. The Kier molecular flexibility index (Phi) is 4.64. The minimum absolute atomic E-state index is 1.34. The van der Waals surface area contributed by atoms with Crippen LogP contribution >= 0.6 is 0 Å². The third-order valence-electron chi connectivity index (χ3n) is 0.876. The lowest BCUT2D eigenvalue weighted by atomic mass is 10.6. The van der Waals surface area contributed by atoms with Gasteiger partial charge in [-0.05, 0) is 0 Å². The Labute approximate surface area is 82.9 Å². The monoisotopic (exact) mass is 260 g/mol. The molecule has 0 aliphatic carbocycles. The molecule has 0 aliphatic heterocycles. The predicted octanol–water partition coefficient (Wildman–Crippen LogP) is 1.86. The number of aldehydes is 1. The number of carbonyl (C=O) groups is 1. The Balaban J connectivity index is 4.66. The average Bonchev–Trinajstić information content (AvgIpc) is 1.98. The molecule has 0 amide bonds. The summed E-state index contributed by atoms with van der Waals surface area (Å²) in [6.07, 6.45) is -12.2. The van der Waals surface area contributed by atoms with Crippen molar-refractivity contribution in [3.8, 4) is 0 Å². The Bertz CT molecular complexity index is 241. The molecule has 4 nitrogen and oxygen atoms in total. The van der Waals surface area contributed by atoms with E-state index in [1.54, 1.807) is 0 Å². The van der Waals surface area contributed by atoms with Crippen LogP contribution in [0.15, 0.2) is 0 Å². The molecule has 0 radical (unpaired) electrons. The summed E-state index contributed by atoms with van der Waals surface area (Å²) in [5.41, 5.74) is 0. The molecule has 11 heteroatoms. The van der Waals surface area contributed by atoms with Gasteiger partial charge in [-0.2, -0.15) is 4.39 Å². The fourth-order valence-electron chi connectivity index (χ4n) is 0.482. The third kappa shape index (κ3) is 5.82. The van der Waals surface area contributed by atoms with Crippen molar-refractivity contribution in [2.45, 2.75) is 18.7 Å². The summed E-state index contributed by atoms with van der Waals surface area (Å²) >= 11 is 0. The molecule has 1 atom stereocenters. The molecular formula is C5H3F7O4. The van der Waals surface area contributed by atoms with Crippen molar-refractivity contribution in [1.29, 1.82) is 0 Å². The normalized spacial score (nSPS) is 16.9. The second kappa shape index (κ2) is 4.93. The molecule has 0 aromatic carbocycles. The molecule has 0 fully saturated rings. The van der Waals surface area contributed by atoms with Gasteiger partial charge in [0.2, 0.25) is 6.29 Å². The number of hydrogen-bond donors (Lipinski definition) is 0. The number of ether oxygens (including phenoxy) is 3. The lowest BCUT2D eigenvalue weighted by molar-refractivity contribution is -0.516. The van der Waals surface area contributed by atoms with E-state index in [2.05, 4.69) is 14.2 Å². The molecule has 0 saturated carbocycles. The fraction of sp³-hybridized carbons (Fsp3) is 0.800. The first-order valence-corrected chi connectivity index (χ1v) is 3.23. The van der Waals surface area contributed by atoms with Crippen molar-refractivity contribution in [2.24, 2.45) is 0 Å². The van der Waals surface area contributed by atoms with Gasteiger partial charge >= 0.3 is 18.7 Å². The van der Waals surface area contributed by atoms with Crippen molar-refractivity contribution >= 4 is 6.29 Å². The number of carbonyl (C=O) groups excluding carboxylic acids is 1. The smallest absolute Gasteiger partial charge is 0.294 e. The highest BCUT2D eigenvalue weighted by Gasteiger charge is 2.52. The van der Waals surface area contributed by atoms with Crippen LogP contribution in [0.5, 0.6) is 0 Å². The van der Waals surface area contributed by atoms with Crippen molar-refractivity contribution in [2.75, 3.05) is 6.86 Å². The predicted molar refractivity (Wildman–Crippen MR) is 30.1 cm³/mol. The van der Waals surface area contributed by atoms with Crippen LogP contribution in [0.25, 0.3) is 0 Å². The summed E-state index contributed by atoms with van der Waals surface area (Å²) in [7, 11) is 0. The van der Waals surface area contributed by atoms with Gasteiger partial charge in [-0.1, -0.05) is 0 Å². The number of hydrogen-bond acceptors (Lipinski definition) is 4. The molecule has 0 aromatic heterocycles. The Morgan fingerprint density at radius 3 is 1.81 bits per heavy atom. The molecule has 0 N–H and O–H groups in total. The van der Waals surface area contributed by atoms with E-state index >= 15 is 0 Å². The van der Waals surface area contributed by atoms with E-state index in [9.17, 15) is 35.5 Å². The Morgan fingerprint density at radius 2 is 1.50 bits per heavy atom. The quantitative estimate of drug-likeness (QED) is 0.415. The summed E-state index contributed by atoms with van der Waals surface area (Å²) in [6, 6.07) is -4.84. The molecule has 0 rings (SSSR count). The van der Waals surface area contributed by atoms with Gasteiger partial charge in [-0.25, -0.2) is 13.9 Å². The Morgan fingerprint density at radius 1 is 1.00 bits per heavy atom. The largest absolute Gasteiger partial charge is 0.527 e. The van der Waals surface area contributed by atoms with Crippen LogP contribution in [0.4, 0.5) is 30.7 Å². The zero-order chi connectivity index (χ0) is 13.0. The van der Waals surface area contributed by atoms with Crippen LogP contribution in [0, 0.1) is 0 Å². The van der Waals surface area contributed by atoms with Crippen LogP contribution in [0.2, 0.25) is 0 Å². The molecule has 0 spiro atoms. The number of rotatable bonds is 6. The molecule has 0 aliphatic rings. The van der Waals surface area contributed by atoms with Gasteiger partial charge in [-0.15, -0.1) is 22.0 Å². The van der Waals surface area contributed by atoms with Crippen LogP contribution in [0.1, 0.15) is 0 Å². The maximum atomic E-state index is 12.6. The second-order valence-corrected chi connectivity index (χ2v) is 2.07. The first-order chi connectivity index (χ1) is 7.04. The highest BCUT2D eigenvalue weighted by molar-refractivity contribution is 5.57.